The van der Waals surface area contributed by atoms with Gasteiger partial charge >= 0.3 is 5.97 Å². The first kappa shape index (κ1) is 23.5. The third-order valence-electron chi connectivity index (χ3n) is 6.87. The number of aryl methyl sites for hydroxylation is 1. The van der Waals surface area contributed by atoms with Gasteiger partial charge in [0.15, 0.2) is 6.10 Å². The fourth-order valence-corrected chi connectivity index (χ4v) is 6.28. The van der Waals surface area contributed by atoms with Gasteiger partial charge in [-0.3, -0.25) is 9.78 Å². The third-order valence-corrected chi connectivity index (χ3v) is 8.08. The maximum Gasteiger partial charge on any atom is 0.340 e. The summed E-state index contributed by atoms with van der Waals surface area (Å²) < 4.78 is 5.83. The highest BCUT2D eigenvalue weighted by molar-refractivity contribution is 7.16. The molecule has 3 aromatic rings. The second-order valence-electron chi connectivity index (χ2n) is 9.24. The number of carbonyl (C=O) groups is 2. The average molecular weight is 489 g/mol. The van der Waals surface area contributed by atoms with Gasteiger partial charge in [-0.25, -0.2) is 4.79 Å². The summed E-state index contributed by atoms with van der Waals surface area (Å²) in [5, 5.41) is 13.9. The summed E-state index contributed by atoms with van der Waals surface area (Å²) in [4.78, 5) is 34.9. The largest absolute Gasteiger partial charge is 0.449 e. The minimum Gasteiger partial charge on any atom is -0.449 e. The summed E-state index contributed by atoms with van der Waals surface area (Å²) >= 11 is 1.47. The Kier molecular flexibility index (Phi) is 6.54. The molecular weight excluding hydrogens is 460 g/mol. The lowest BCUT2D eigenvalue weighted by molar-refractivity contribution is -0.124. The van der Waals surface area contributed by atoms with Gasteiger partial charge in [0, 0.05) is 41.0 Å². The number of ether oxygens (including phenoxy) is 1. The predicted molar refractivity (Wildman–Crippen MR) is 136 cm³/mol. The van der Waals surface area contributed by atoms with Crippen LogP contribution in [0.15, 0.2) is 24.3 Å². The highest BCUT2D eigenvalue weighted by atomic mass is 32.1. The Labute approximate surface area is 208 Å². The standard InChI is InChI=1S/C27H28N4O3S/c1-3-22(25(32)30-26-18(14-28)16-8-5-7-11-23(16)35-26)34-27(33)24-17-9-4-6-10-20(17)29-21-12-13-31(2)15-19(21)24/h4,6,9-10,22H,3,5,7-8,11-13,15H2,1-2H3,(H,30,32). The number of anilines is 1. The van der Waals surface area contributed by atoms with Gasteiger partial charge in [0.05, 0.1) is 16.6 Å². The second-order valence-corrected chi connectivity index (χ2v) is 10.3. The summed E-state index contributed by atoms with van der Waals surface area (Å²) in [5.41, 5.74) is 4.64. The zero-order chi connectivity index (χ0) is 24.5. The fraction of sp³-hybridized carbons (Fsp3) is 0.407. The van der Waals surface area contributed by atoms with Crippen molar-refractivity contribution in [2.24, 2.45) is 0 Å². The van der Waals surface area contributed by atoms with Gasteiger partial charge in [0.2, 0.25) is 0 Å². The first-order chi connectivity index (χ1) is 17.0. The molecule has 0 fully saturated rings. The number of para-hydroxylation sites is 1. The number of hydrogen-bond acceptors (Lipinski definition) is 7. The van der Waals surface area contributed by atoms with Crippen molar-refractivity contribution < 1.29 is 14.3 Å². The van der Waals surface area contributed by atoms with Crippen LogP contribution in [-0.4, -0.2) is 41.5 Å². The Balaban J connectivity index is 1.43. The van der Waals surface area contributed by atoms with Gasteiger partial charge in [-0.05, 0) is 50.8 Å². The van der Waals surface area contributed by atoms with E-state index in [0.29, 0.717) is 29.1 Å². The van der Waals surface area contributed by atoms with Gasteiger partial charge in [0.1, 0.15) is 11.1 Å². The van der Waals surface area contributed by atoms with E-state index in [2.05, 4.69) is 16.3 Å². The van der Waals surface area contributed by atoms with Gasteiger partial charge in [-0.2, -0.15) is 5.26 Å². The maximum atomic E-state index is 13.5. The van der Waals surface area contributed by atoms with Crippen LogP contribution in [0.3, 0.4) is 0 Å². The first-order valence-corrected chi connectivity index (χ1v) is 13.0. The van der Waals surface area contributed by atoms with Crippen LogP contribution in [0.25, 0.3) is 10.9 Å². The Morgan fingerprint density at radius 2 is 2.03 bits per heavy atom. The Morgan fingerprint density at radius 1 is 1.23 bits per heavy atom. The van der Waals surface area contributed by atoms with Crippen LogP contribution in [0.4, 0.5) is 5.00 Å². The minimum absolute atomic E-state index is 0.329. The molecule has 7 nitrogen and oxygen atoms in total. The van der Waals surface area contributed by atoms with Crippen LogP contribution in [0.1, 0.15) is 63.8 Å². The number of pyridine rings is 1. The molecule has 8 heteroatoms. The summed E-state index contributed by atoms with van der Waals surface area (Å²) in [6.45, 7) is 3.29. The molecule has 180 valence electrons. The van der Waals surface area contributed by atoms with E-state index in [1.165, 1.54) is 16.2 Å². The Bertz CT molecular complexity index is 1360. The smallest absolute Gasteiger partial charge is 0.340 e. The van der Waals surface area contributed by atoms with Crippen molar-refractivity contribution in [1.29, 1.82) is 5.26 Å². The number of esters is 1. The quantitative estimate of drug-likeness (QED) is 0.527. The predicted octanol–water partition coefficient (Wildman–Crippen LogP) is 4.61. The van der Waals surface area contributed by atoms with Crippen LogP contribution in [0, 0.1) is 11.3 Å². The van der Waals surface area contributed by atoms with E-state index in [1.54, 1.807) is 0 Å². The van der Waals surface area contributed by atoms with Gasteiger partial charge in [-0.15, -0.1) is 11.3 Å². The van der Waals surface area contributed by atoms with Crippen molar-refractivity contribution in [3.8, 4) is 6.07 Å². The van der Waals surface area contributed by atoms with Gasteiger partial charge in [0.25, 0.3) is 5.91 Å². The van der Waals surface area contributed by atoms with E-state index < -0.39 is 18.0 Å². The topological polar surface area (TPSA) is 95.3 Å². The monoisotopic (exact) mass is 488 g/mol. The highest BCUT2D eigenvalue weighted by Crippen LogP contribution is 2.38. The molecular formula is C27H28N4O3S. The Hall–Kier alpha value is -3.28. The number of likely N-dealkylation sites (N-methyl/N-ethyl adjacent to an activating group) is 1. The van der Waals surface area contributed by atoms with E-state index in [-0.39, 0.29) is 0 Å². The summed E-state index contributed by atoms with van der Waals surface area (Å²) in [7, 11) is 2.02. The zero-order valence-electron chi connectivity index (χ0n) is 20.0. The molecule has 0 saturated heterocycles. The molecule has 0 saturated carbocycles. The molecule has 1 aliphatic heterocycles. The molecule has 35 heavy (non-hydrogen) atoms. The maximum absolute atomic E-state index is 13.5. The molecule has 3 heterocycles. The third kappa shape index (κ3) is 4.42. The van der Waals surface area contributed by atoms with Gasteiger partial charge in [-0.1, -0.05) is 25.1 Å². The van der Waals surface area contributed by atoms with Crippen molar-refractivity contribution in [3.63, 3.8) is 0 Å². The number of thiophene rings is 1. The summed E-state index contributed by atoms with van der Waals surface area (Å²) in [6.07, 6.45) is 4.08. The molecule has 1 N–H and O–H groups in total. The normalized spacial score (nSPS) is 16.1. The molecule has 0 bridgehead atoms. The average Bonchev–Trinajstić information content (AvgIpc) is 3.22. The lowest BCUT2D eigenvalue weighted by Crippen LogP contribution is -2.34. The number of nitriles is 1. The summed E-state index contributed by atoms with van der Waals surface area (Å²) in [6, 6.07) is 9.83. The van der Waals surface area contributed by atoms with Crippen molar-refractivity contribution >= 4 is 39.1 Å². The van der Waals surface area contributed by atoms with Crippen LogP contribution in [0.2, 0.25) is 0 Å². The van der Waals surface area contributed by atoms with Crippen molar-refractivity contribution in [1.82, 2.24) is 9.88 Å². The number of benzene rings is 1. The van der Waals surface area contributed by atoms with E-state index in [1.807, 2.05) is 38.2 Å². The molecule has 1 aromatic carbocycles. The van der Waals surface area contributed by atoms with Crippen molar-refractivity contribution in [2.45, 2.75) is 58.1 Å². The van der Waals surface area contributed by atoms with Crippen LogP contribution >= 0.6 is 11.3 Å². The number of fused-ring (bicyclic) bond motifs is 3. The number of rotatable bonds is 5. The SMILES string of the molecule is CCC(OC(=O)c1c2c(nc3ccccc13)CCN(C)C2)C(=O)Nc1sc2c(c1C#N)CCCC2. The highest BCUT2D eigenvalue weighted by Gasteiger charge is 2.30. The van der Waals surface area contributed by atoms with Crippen LogP contribution in [0.5, 0.6) is 0 Å². The lowest BCUT2D eigenvalue weighted by atomic mass is 9.96. The lowest BCUT2D eigenvalue weighted by Gasteiger charge is -2.27. The van der Waals surface area contributed by atoms with E-state index in [0.717, 1.165) is 66.4 Å². The second kappa shape index (κ2) is 9.76. The molecule has 2 aliphatic rings. The molecule has 2 aromatic heterocycles. The molecule has 1 aliphatic carbocycles. The molecule has 0 radical (unpaired) electrons. The molecule has 0 spiro atoms. The van der Waals surface area contributed by atoms with E-state index in [4.69, 9.17) is 9.72 Å². The van der Waals surface area contributed by atoms with E-state index >= 15 is 0 Å². The number of amides is 1. The minimum atomic E-state index is -0.961. The molecule has 5 rings (SSSR count). The number of carbonyl (C=O) groups excluding carboxylic acids is 2. The molecule has 1 unspecified atom stereocenters. The van der Waals surface area contributed by atoms with Crippen molar-refractivity contribution in [2.75, 3.05) is 18.9 Å². The van der Waals surface area contributed by atoms with Crippen LogP contribution < -0.4 is 5.32 Å². The van der Waals surface area contributed by atoms with Gasteiger partial charge < -0.3 is 15.0 Å². The number of hydrogen-bond donors (Lipinski definition) is 1. The Morgan fingerprint density at radius 3 is 2.83 bits per heavy atom. The molecule has 1 atom stereocenters. The van der Waals surface area contributed by atoms with Crippen LogP contribution in [-0.2, 0) is 35.3 Å². The first-order valence-electron chi connectivity index (χ1n) is 12.2. The number of nitrogens with zero attached hydrogens (tertiary/aromatic N) is 3. The number of aromatic nitrogens is 1. The number of nitrogens with one attached hydrogen (secondary N) is 1. The summed E-state index contributed by atoms with van der Waals surface area (Å²) in [5.74, 6) is -0.913. The van der Waals surface area contributed by atoms with E-state index in [9.17, 15) is 14.9 Å². The molecule has 1 amide bonds. The fourth-order valence-electron chi connectivity index (χ4n) is 5.03. The zero-order valence-corrected chi connectivity index (χ0v) is 20.8. The van der Waals surface area contributed by atoms with Crippen molar-refractivity contribution in [3.05, 3.63) is 57.1 Å².